The van der Waals surface area contributed by atoms with Crippen LogP contribution in [0.25, 0.3) is 0 Å². The molecule has 0 saturated heterocycles. The fraction of sp³-hybridized carbons (Fsp3) is 1.00. The molecule has 5 heteroatoms. The third kappa shape index (κ3) is 4.71. The fourth-order valence-corrected chi connectivity index (χ4v) is 4.68. The van der Waals surface area contributed by atoms with E-state index in [9.17, 15) is 8.42 Å². The minimum Gasteiger partial charge on any atom is -0.212 e. The lowest BCUT2D eigenvalue weighted by Gasteiger charge is -2.33. The Morgan fingerprint density at radius 2 is 1.78 bits per heavy atom. The van der Waals surface area contributed by atoms with E-state index in [-0.39, 0.29) is 16.7 Å². The predicted octanol–water partition coefficient (Wildman–Crippen LogP) is 3.28. The molecule has 0 spiro atoms. The molecule has 1 aliphatic carbocycles. The average molecular weight is 296 g/mol. The van der Waals surface area contributed by atoms with E-state index in [4.69, 9.17) is 11.6 Å². The average Bonchev–Trinajstić information content (AvgIpc) is 2.28. The van der Waals surface area contributed by atoms with Gasteiger partial charge in [0.05, 0.1) is 5.25 Å². The molecule has 0 aromatic heterocycles. The Bertz CT molecular complexity index is 342. The second kappa shape index (κ2) is 6.58. The lowest BCUT2D eigenvalue weighted by molar-refractivity contribution is 0.291. The van der Waals surface area contributed by atoms with Crippen LogP contribution in [0.4, 0.5) is 0 Å². The van der Waals surface area contributed by atoms with Gasteiger partial charge in [0.25, 0.3) is 0 Å². The van der Waals surface area contributed by atoms with Crippen LogP contribution in [0.15, 0.2) is 0 Å². The molecule has 0 radical (unpaired) electrons. The number of alkyl halides is 1. The maximum absolute atomic E-state index is 12.4. The zero-order valence-corrected chi connectivity index (χ0v) is 13.3. The van der Waals surface area contributed by atoms with Crippen LogP contribution < -0.4 is 4.72 Å². The van der Waals surface area contributed by atoms with Crippen LogP contribution in [-0.4, -0.2) is 25.6 Å². The number of sulfonamides is 1. The van der Waals surface area contributed by atoms with Gasteiger partial charge >= 0.3 is 0 Å². The third-order valence-corrected chi connectivity index (χ3v) is 5.92. The smallest absolute Gasteiger partial charge is 0.212 e. The van der Waals surface area contributed by atoms with E-state index in [1.807, 2.05) is 20.8 Å². The van der Waals surface area contributed by atoms with Crippen LogP contribution in [0.2, 0.25) is 0 Å². The van der Waals surface area contributed by atoms with Gasteiger partial charge in [0.2, 0.25) is 10.0 Å². The second-order valence-electron chi connectivity index (χ2n) is 6.32. The molecule has 1 saturated carbocycles. The van der Waals surface area contributed by atoms with Gasteiger partial charge in [-0.3, -0.25) is 0 Å². The lowest BCUT2D eigenvalue weighted by atomic mass is 9.86. The van der Waals surface area contributed by atoms with Crippen LogP contribution in [0.3, 0.4) is 0 Å². The van der Waals surface area contributed by atoms with E-state index < -0.39 is 10.0 Å². The summed E-state index contributed by atoms with van der Waals surface area (Å²) >= 11 is 5.78. The summed E-state index contributed by atoms with van der Waals surface area (Å²) in [5, 5.41) is -0.202. The zero-order valence-electron chi connectivity index (χ0n) is 11.7. The first-order valence-electron chi connectivity index (χ1n) is 6.84. The van der Waals surface area contributed by atoms with Gasteiger partial charge in [0.1, 0.15) is 0 Å². The van der Waals surface area contributed by atoms with Crippen LogP contribution in [0, 0.1) is 5.41 Å². The van der Waals surface area contributed by atoms with E-state index in [1.165, 1.54) is 0 Å². The molecular formula is C13H26ClNO2S. The highest BCUT2D eigenvalue weighted by atomic mass is 35.5. The van der Waals surface area contributed by atoms with Crippen molar-refractivity contribution in [3.05, 3.63) is 0 Å². The molecular weight excluding hydrogens is 270 g/mol. The highest BCUT2D eigenvalue weighted by Gasteiger charge is 2.33. The third-order valence-electron chi connectivity index (χ3n) is 3.74. The topological polar surface area (TPSA) is 46.2 Å². The Balaban J connectivity index is 2.72. The summed E-state index contributed by atoms with van der Waals surface area (Å²) in [7, 11) is -3.20. The summed E-state index contributed by atoms with van der Waals surface area (Å²) in [4.78, 5) is 0. The largest absolute Gasteiger partial charge is 0.214 e. The predicted molar refractivity (Wildman–Crippen MR) is 77.5 cm³/mol. The molecule has 0 aromatic carbocycles. The normalized spacial score (nSPS) is 20.9. The summed E-state index contributed by atoms with van der Waals surface area (Å²) in [5.74, 6) is 0.481. The summed E-state index contributed by atoms with van der Waals surface area (Å²) in [6, 6.07) is -0.0815. The van der Waals surface area contributed by atoms with E-state index in [0.717, 1.165) is 32.1 Å². The second-order valence-corrected chi connectivity index (χ2v) is 8.69. The Morgan fingerprint density at radius 3 is 2.22 bits per heavy atom. The molecule has 1 rings (SSSR count). The number of hydrogen-bond donors (Lipinski definition) is 1. The summed E-state index contributed by atoms with van der Waals surface area (Å²) in [5.41, 5.74) is -0.101. The summed E-state index contributed by atoms with van der Waals surface area (Å²) in [6.45, 7) is 6.15. The minimum atomic E-state index is -3.20. The zero-order chi connectivity index (χ0) is 13.8. The molecule has 0 bridgehead atoms. The Hall–Kier alpha value is 0.200. The van der Waals surface area contributed by atoms with Crippen LogP contribution >= 0.6 is 11.6 Å². The monoisotopic (exact) mass is 295 g/mol. The molecule has 0 aliphatic heterocycles. The van der Waals surface area contributed by atoms with Gasteiger partial charge in [-0.2, -0.15) is 0 Å². The standard InChI is InChI=1S/C13H26ClNO2S/c1-13(2,3)12(9-10-14)15-18(16,17)11-7-5-4-6-8-11/h11-12,15H,4-10H2,1-3H3. The van der Waals surface area contributed by atoms with Crippen LogP contribution in [0.1, 0.15) is 59.3 Å². The molecule has 0 aromatic rings. The number of halogens is 1. The minimum absolute atomic E-state index is 0.0815. The number of nitrogens with one attached hydrogen (secondary N) is 1. The maximum Gasteiger partial charge on any atom is 0.214 e. The van der Waals surface area contributed by atoms with Crippen molar-refractivity contribution in [1.29, 1.82) is 0 Å². The summed E-state index contributed by atoms with van der Waals surface area (Å²) < 4.78 is 27.6. The van der Waals surface area contributed by atoms with E-state index in [2.05, 4.69) is 4.72 Å². The first-order chi connectivity index (χ1) is 8.27. The summed E-state index contributed by atoms with van der Waals surface area (Å²) in [6.07, 6.45) is 5.50. The molecule has 0 amide bonds. The molecule has 108 valence electrons. The Kier molecular flexibility index (Phi) is 5.94. The lowest BCUT2D eigenvalue weighted by Crippen LogP contribution is -2.47. The Morgan fingerprint density at radius 1 is 1.22 bits per heavy atom. The van der Waals surface area contributed by atoms with Crippen LogP contribution in [0.5, 0.6) is 0 Å². The van der Waals surface area contributed by atoms with Crippen molar-refractivity contribution < 1.29 is 8.42 Å². The van der Waals surface area contributed by atoms with E-state index in [1.54, 1.807) is 0 Å². The fourth-order valence-electron chi connectivity index (χ4n) is 2.45. The van der Waals surface area contributed by atoms with E-state index >= 15 is 0 Å². The SMILES string of the molecule is CC(C)(C)C(CCCl)NS(=O)(=O)C1CCCCC1. The van der Waals surface area contributed by atoms with Gasteiger partial charge in [-0.1, -0.05) is 40.0 Å². The molecule has 1 aliphatic rings. The van der Waals surface area contributed by atoms with Crippen molar-refractivity contribution in [2.75, 3.05) is 5.88 Å². The van der Waals surface area contributed by atoms with Crippen molar-refractivity contribution >= 4 is 21.6 Å². The van der Waals surface area contributed by atoms with Gasteiger partial charge in [0.15, 0.2) is 0 Å². The molecule has 1 fully saturated rings. The van der Waals surface area contributed by atoms with Gasteiger partial charge in [-0.25, -0.2) is 13.1 Å². The first-order valence-corrected chi connectivity index (χ1v) is 8.92. The van der Waals surface area contributed by atoms with Gasteiger partial charge in [-0.05, 0) is 24.7 Å². The number of rotatable bonds is 5. The molecule has 1 atom stereocenters. The van der Waals surface area contributed by atoms with Crippen molar-refractivity contribution in [3.63, 3.8) is 0 Å². The molecule has 1 unspecified atom stereocenters. The Labute approximate surface area is 117 Å². The van der Waals surface area contributed by atoms with Crippen LogP contribution in [-0.2, 0) is 10.0 Å². The van der Waals surface area contributed by atoms with Crippen molar-refractivity contribution in [2.24, 2.45) is 5.41 Å². The number of hydrogen-bond acceptors (Lipinski definition) is 2. The van der Waals surface area contributed by atoms with Gasteiger partial charge in [-0.15, -0.1) is 11.6 Å². The molecule has 18 heavy (non-hydrogen) atoms. The maximum atomic E-state index is 12.4. The molecule has 3 nitrogen and oxygen atoms in total. The molecule has 1 N–H and O–H groups in total. The quantitative estimate of drug-likeness (QED) is 0.791. The van der Waals surface area contributed by atoms with Crippen molar-refractivity contribution in [1.82, 2.24) is 4.72 Å². The van der Waals surface area contributed by atoms with Crippen molar-refractivity contribution in [2.45, 2.75) is 70.6 Å². The van der Waals surface area contributed by atoms with Crippen molar-refractivity contribution in [3.8, 4) is 0 Å². The van der Waals surface area contributed by atoms with E-state index in [0.29, 0.717) is 12.3 Å². The van der Waals surface area contributed by atoms with Gasteiger partial charge < -0.3 is 0 Å². The first kappa shape index (κ1) is 16.3. The van der Waals surface area contributed by atoms with Gasteiger partial charge in [0, 0.05) is 11.9 Å². The molecule has 0 heterocycles. The highest BCUT2D eigenvalue weighted by Crippen LogP contribution is 2.27. The highest BCUT2D eigenvalue weighted by molar-refractivity contribution is 7.90.